The van der Waals surface area contributed by atoms with Gasteiger partial charge in [0.2, 0.25) is 5.91 Å². The molecule has 1 N–H and O–H groups in total. The largest absolute Gasteiger partial charge is 0.493 e. The van der Waals surface area contributed by atoms with E-state index in [2.05, 4.69) is 15.3 Å². The summed E-state index contributed by atoms with van der Waals surface area (Å²) < 4.78 is 33.2. The zero-order chi connectivity index (χ0) is 23.1. The molecular formula is C22H23F2N5O3S. The monoisotopic (exact) mass is 475 g/mol. The van der Waals surface area contributed by atoms with Gasteiger partial charge in [0.25, 0.3) is 12.0 Å². The maximum Gasteiger partial charge on any atom is 0.295 e. The van der Waals surface area contributed by atoms with Gasteiger partial charge in [-0.25, -0.2) is 18.7 Å². The van der Waals surface area contributed by atoms with Crippen LogP contribution in [0.25, 0.3) is 10.3 Å². The van der Waals surface area contributed by atoms with E-state index in [-0.39, 0.29) is 22.8 Å². The molecule has 1 unspecified atom stereocenters. The van der Waals surface area contributed by atoms with Gasteiger partial charge in [0, 0.05) is 26.1 Å². The summed E-state index contributed by atoms with van der Waals surface area (Å²) in [7, 11) is 0. The highest BCUT2D eigenvalue weighted by Crippen LogP contribution is 2.32. The van der Waals surface area contributed by atoms with E-state index < -0.39 is 23.9 Å². The van der Waals surface area contributed by atoms with Crippen molar-refractivity contribution in [3.63, 3.8) is 0 Å². The minimum absolute atomic E-state index is 0.0627. The van der Waals surface area contributed by atoms with Gasteiger partial charge in [-0.1, -0.05) is 23.5 Å². The smallest absolute Gasteiger partial charge is 0.295 e. The first kappa shape index (κ1) is 21.7. The maximum atomic E-state index is 13.4. The highest BCUT2D eigenvalue weighted by molar-refractivity contribution is 7.21. The van der Waals surface area contributed by atoms with Gasteiger partial charge < -0.3 is 15.0 Å². The molecule has 1 aromatic carbocycles. The van der Waals surface area contributed by atoms with Gasteiger partial charge in [0.05, 0.1) is 6.61 Å². The second kappa shape index (κ2) is 8.69. The third kappa shape index (κ3) is 3.94. The number of rotatable bonds is 6. The van der Waals surface area contributed by atoms with Crippen molar-refractivity contribution in [3.05, 3.63) is 45.5 Å². The predicted octanol–water partition coefficient (Wildman–Crippen LogP) is 3.03. The molecule has 174 valence electrons. The van der Waals surface area contributed by atoms with Crippen LogP contribution in [-0.2, 0) is 24.3 Å². The van der Waals surface area contributed by atoms with E-state index in [9.17, 15) is 18.4 Å². The lowest BCUT2D eigenvalue weighted by Crippen LogP contribution is -2.43. The Kier molecular flexibility index (Phi) is 5.73. The van der Waals surface area contributed by atoms with E-state index in [0.29, 0.717) is 31.2 Å². The molecule has 1 saturated heterocycles. The number of aromatic nitrogens is 3. The summed E-state index contributed by atoms with van der Waals surface area (Å²) >= 11 is 1.07. The summed E-state index contributed by atoms with van der Waals surface area (Å²) in [5.41, 5.74) is 1.63. The van der Waals surface area contributed by atoms with E-state index in [4.69, 9.17) is 4.74 Å². The SMILES string of the molecule is CCn1c(C(F)F)nc2sc(N3CCCC3C(=O)NCc3ccc4c(c3)CCO4)nc2c1=O. The van der Waals surface area contributed by atoms with E-state index >= 15 is 0 Å². The molecule has 2 aliphatic rings. The van der Waals surface area contributed by atoms with Crippen molar-refractivity contribution in [2.45, 2.75) is 51.7 Å². The van der Waals surface area contributed by atoms with Gasteiger partial charge >= 0.3 is 0 Å². The van der Waals surface area contributed by atoms with Crippen molar-refractivity contribution in [1.29, 1.82) is 0 Å². The van der Waals surface area contributed by atoms with Crippen LogP contribution in [0.2, 0.25) is 0 Å². The quantitative estimate of drug-likeness (QED) is 0.590. The van der Waals surface area contributed by atoms with Gasteiger partial charge in [-0.15, -0.1) is 0 Å². The molecule has 0 aliphatic carbocycles. The number of amides is 1. The summed E-state index contributed by atoms with van der Waals surface area (Å²) in [6.07, 6.45) is -0.552. The minimum Gasteiger partial charge on any atom is -0.493 e. The Balaban J connectivity index is 1.36. The van der Waals surface area contributed by atoms with Gasteiger partial charge in [0.1, 0.15) is 11.8 Å². The fraction of sp³-hybridized carbons (Fsp3) is 0.455. The normalized spacial score (nSPS) is 17.6. The number of hydrogen-bond donors (Lipinski definition) is 1. The van der Waals surface area contributed by atoms with E-state index in [1.54, 1.807) is 6.92 Å². The first-order chi connectivity index (χ1) is 16.0. The molecule has 8 nitrogen and oxygen atoms in total. The number of carbonyl (C=O) groups is 1. The average Bonchev–Trinajstić information content (AvgIpc) is 3.55. The highest BCUT2D eigenvalue weighted by Gasteiger charge is 2.33. The molecule has 33 heavy (non-hydrogen) atoms. The zero-order valence-corrected chi connectivity index (χ0v) is 18.8. The molecular weight excluding hydrogens is 452 g/mol. The lowest BCUT2D eigenvalue weighted by Gasteiger charge is -2.23. The summed E-state index contributed by atoms with van der Waals surface area (Å²) in [5, 5.41) is 3.45. The number of halogens is 2. The summed E-state index contributed by atoms with van der Waals surface area (Å²) in [6, 6.07) is 5.48. The van der Waals surface area contributed by atoms with Gasteiger partial charge in [-0.2, -0.15) is 0 Å². The van der Waals surface area contributed by atoms with Crippen LogP contribution >= 0.6 is 11.3 Å². The second-order valence-corrected chi connectivity index (χ2v) is 9.04. The van der Waals surface area contributed by atoms with Crippen LogP contribution in [0.4, 0.5) is 13.9 Å². The fourth-order valence-corrected chi connectivity index (χ4v) is 5.45. The molecule has 0 saturated carbocycles. The zero-order valence-electron chi connectivity index (χ0n) is 18.0. The van der Waals surface area contributed by atoms with Crippen molar-refractivity contribution >= 4 is 32.7 Å². The van der Waals surface area contributed by atoms with Crippen LogP contribution in [0.5, 0.6) is 5.75 Å². The Morgan fingerprint density at radius 1 is 1.36 bits per heavy atom. The number of nitrogens with one attached hydrogen (secondary N) is 1. The molecule has 2 aromatic heterocycles. The summed E-state index contributed by atoms with van der Waals surface area (Å²) in [6.45, 7) is 3.37. The van der Waals surface area contributed by atoms with Gasteiger partial charge in [-0.3, -0.25) is 14.2 Å². The van der Waals surface area contributed by atoms with Crippen molar-refractivity contribution in [2.75, 3.05) is 18.1 Å². The standard InChI is InChI=1S/C22H23F2N5O3S/c1-2-28-18(17(23)24)27-20-16(21(28)31)26-22(33-20)29-8-3-4-14(29)19(30)25-11-12-5-6-15-13(10-12)7-9-32-15/h5-6,10,14,17H,2-4,7-9,11H2,1H3,(H,25,30). The Bertz CT molecular complexity index is 1270. The number of hydrogen-bond acceptors (Lipinski definition) is 7. The molecule has 4 heterocycles. The molecule has 1 amide bonds. The lowest BCUT2D eigenvalue weighted by atomic mass is 10.1. The lowest BCUT2D eigenvalue weighted by molar-refractivity contribution is -0.122. The van der Waals surface area contributed by atoms with E-state index in [1.807, 2.05) is 23.1 Å². The Labute approximate surface area is 192 Å². The van der Waals surface area contributed by atoms with Crippen LogP contribution in [0.15, 0.2) is 23.0 Å². The van der Waals surface area contributed by atoms with Crippen LogP contribution < -0.4 is 20.5 Å². The topological polar surface area (TPSA) is 89.3 Å². The first-order valence-electron chi connectivity index (χ1n) is 10.9. The molecule has 1 fully saturated rings. The number of thiazole rings is 1. The molecule has 1 atom stereocenters. The van der Waals surface area contributed by atoms with Crippen LogP contribution in [0.3, 0.4) is 0 Å². The third-order valence-corrected chi connectivity index (χ3v) is 7.06. The number of alkyl halides is 2. The molecule has 0 bridgehead atoms. The van der Waals surface area contributed by atoms with Crippen molar-refractivity contribution in [1.82, 2.24) is 19.9 Å². The number of nitrogens with zero attached hydrogens (tertiary/aromatic N) is 4. The van der Waals surface area contributed by atoms with Crippen LogP contribution in [0.1, 0.15) is 43.1 Å². The van der Waals surface area contributed by atoms with E-state index in [0.717, 1.165) is 45.6 Å². The maximum absolute atomic E-state index is 13.4. The van der Waals surface area contributed by atoms with Crippen LogP contribution in [-0.4, -0.2) is 39.6 Å². The number of carbonyl (C=O) groups excluding carboxylic acids is 1. The number of benzene rings is 1. The molecule has 3 aromatic rings. The second-order valence-electron chi connectivity index (χ2n) is 8.08. The molecule has 11 heteroatoms. The summed E-state index contributed by atoms with van der Waals surface area (Å²) in [5.74, 6) is 0.213. The number of fused-ring (bicyclic) bond motifs is 2. The number of anilines is 1. The average molecular weight is 476 g/mol. The third-order valence-electron chi connectivity index (χ3n) is 6.07. The predicted molar refractivity (Wildman–Crippen MR) is 120 cm³/mol. The molecule has 2 aliphatic heterocycles. The Morgan fingerprint density at radius 3 is 3.00 bits per heavy atom. The molecule has 0 spiro atoms. The van der Waals surface area contributed by atoms with Gasteiger partial charge in [-0.05, 0) is 37.0 Å². The van der Waals surface area contributed by atoms with E-state index in [1.165, 1.54) is 0 Å². The van der Waals surface area contributed by atoms with Crippen LogP contribution in [0, 0.1) is 0 Å². The molecule has 0 radical (unpaired) electrons. The van der Waals surface area contributed by atoms with Crippen molar-refractivity contribution < 1.29 is 18.3 Å². The minimum atomic E-state index is -2.86. The highest BCUT2D eigenvalue weighted by atomic mass is 32.1. The van der Waals surface area contributed by atoms with Gasteiger partial charge in [0.15, 0.2) is 21.3 Å². The summed E-state index contributed by atoms with van der Waals surface area (Å²) in [4.78, 5) is 36.1. The Hall–Kier alpha value is -3.08. The fourth-order valence-electron chi connectivity index (χ4n) is 4.43. The first-order valence-corrected chi connectivity index (χ1v) is 11.8. The number of ether oxygens (including phenoxy) is 1. The van der Waals surface area contributed by atoms with Crippen molar-refractivity contribution in [2.24, 2.45) is 0 Å². The van der Waals surface area contributed by atoms with Crippen molar-refractivity contribution in [3.8, 4) is 5.75 Å². The Morgan fingerprint density at radius 2 is 2.21 bits per heavy atom. The molecule has 5 rings (SSSR count).